The first-order valence-electron chi connectivity index (χ1n) is 6.33. The van der Waals surface area contributed by atoms with E-state index in [-0.39, 0.29) is 10.6 Å². The van der Waals surface area contributed by atoms with Crippen molar-refractivity contribution in [2.75, 3.05) is 5.32 Å². The van der Waals surface area contributed by atoms with E-state index in [1.54, 1.807) is 0 Å². The molecule has 0 aliphatic rings. The van der Waals surface area contributed by atoms with Gasteiger partial charge in [-0.1, -0.05) is 29.3 Å². The molecule has 0 bridgehead atoms. The Bertz CT molecular complexity index is 705. The highest BCUT2D eigenvalue weighted by atomic mass is 35.5. The van der Waals surface area contributed by atoms with E-state index in [0.29, 0.717) is 5.69 Å². The second-order valence-corrected chi connectivity index (χ2v) is 5.38. The van der Waals surface area contributed by atoms with Gasteiger partial charge in [0, 0.05) is 5.69 Å². The topological polar surface area (TPSA) is 29.1 Å². The number of hydrogen-bond acceptors (Lipinski definition) is 1. The summed E-state index contributed by atoms with van der Waals surface area (Å²) in [6.45, 7) is 5.68. The van der Waals surface area contributed by atoms with E-state index in [0.717, 1.165) is 28.8 Å². The van der Waals surface area contributed by atoms with Gasteiger partial charge in [0.25, 0.3) is 5.91 Å². The summed E-state index contributed by atoms with van der Waals surface area (Å²) in [4.78, 5) is 12.2. The highest BCUT2D eigenvalue weighted by Gasteiger charge is 2.16. The van der Waals surface area contributed by atoms with Crippen molar-refractivity contribution < 1.29 is 13.6 Å². The maximum atomic E-state index is 13.3. The van der Waals surface area contributed by atoms with Crippen molar-refractivity contribution in [3.8, 4) is 0 Å². The molecule has 2 aromatic rings. The predicted octanol–water partition coefficient (Wildman–Crippen LogP) is 4.80. The molecular weight excluding hydrogens is 296 g/mol. The average molecular weight is 310 g/mol. The molecule has 0 heterocycles. The van der Waals surface area contributed by atoms with Gasteiger partial charge in [-0.25, -0.2) is 8.78 Å². The Morgan fingerprint density at radius 3 is 2.10 bits per heavy atom. The van der Waals surface area contributed by atoms with Crippen LogP contribution in [-0.2, 0) is 0 Å². The average Bonchev–Trinajstić information content (AvgIpc) is 2.37. The number of rotatable bonds is 2. The molecule has 2 nitrogen and oxygen atoms in total. The molecule has 1 N–H and O–H groups in total. The lowest BCUT2D eigenvalue weighted by Crippen LogP contribution is -2.15. The smallest absolute Gasteiger partial charge is 0.257 e. The zero-order valence-electron chi connectivity index (χ0n) is 11.9. The molecule has 0 aromatic heterocycles. The quantitative estimate of drug-likeness (QED) is 0.794. The first-order valence-corrected chi connectivity index (χ1v) is 6.71. The second-order valence-electron chi connectivity index (χ2n) is 4.97. The molecule has 110 valence electrons. The van der Waals surface area contributed by atoms with Gasteiger partial charge in [0.1, 0.15) is 0 Å². The Labute approximate surface area is 126 Å². The molecule has 21 heavy (non-hydrogen) atoms. The lowest BCUT2D eigenvalue weighted by atomic mass is 10.0. The standard InChI is InChI=1S/C16H14ClF2NO/c1-8-4-9(2)15(10(3)5-8)20-16(21)11-6-13(18)14(19)7-12(11)17/h4-7H,1-3H3,(H,20,21). The van der Waals surface area contributed by atoms with Crippen molar-refractivity contribution in [1.29, 1.82) is 0 Å². The Morgan fingerprint density at radius 2 is 1.52 bits per heavy atom. The van der Waals surface area contributed by atoms with Crippen LogP contribution in [0, 0.1) is 32.4 Å². The van der Waals surface area contributed by atoms with Crippen molar-refractivity contribution in [1.82, 2.24) is 0 Å². The predicted molar refractivity (Wildman–Crippen MR) is 80.0 cm³/mol. The molecule has 0 aliphatic carbocycles. The summed E-state index contributed by atoms with van der Waals surface area (Å²) in [5, 5.41) is 2.57. The van der Waals surface area contributed by atoms with Crippen molar-refractivity contribution in [2.45, 2.75) is 20.8 Å². The van der Waals surface area contributed by atoms with Crippen LogP contribution in [0.2, 0.25) is 5.02 Å². The summed E-state index contributed by atoms with van der Waals surface area (Å²) in [7, 11) is 0. The molecular formula is C16H14ClF2NO. The van der Waals surface area contributed by atoms with Gasteiger partial charge < -0.3 is 5.32 Å². The first-order chi connectivity index (χ1) is 9.79. The molecule has 0 saturated carbocycles. The van der Waals surface area contributed by atoms with Crippen molar-refractivity contribution in [3.63, 3.8) is 0 Å². The van der Waals surface area contributed by atoms with E-state index in [1.165, 1.54) is 0 Å². The zero-order valence-corrected chi connectivity index (χ0v) is 12.6. The van der Waals surface area contributed by atoms with Crippen LogP contribution in [-0.4, -0.2) is 5.91 Å². The van der Waals surface area contributed by atoms with Crippen LogP contribution in [0.5, 0.6) is 0 Å². The highest BCUT2D eigenvalue weighted by molar-refractivity contribution is 6.34. The van der Waals surface area contributed by atoms with Gasteiger partial charge in [0.05, 0.1) is 10.6 Å². The van der Waals surface area contributed by atoms with Crippen LogP contribution in [0.25, 0.3) is 0 Å². The molecule has 0 aliphatic heterocycles. The summed E-state index contributed by atoms with van der Waals surface area (Å²) < 4.78 is 26.3. The Morgan fingerprint density at radius 1 is 1.00 bits per heavy atom. The number of anilines is 1. The second kappa shape index (κ2) is 5.82. The van der Waals surface area contributed by atoms with Crippen LogP contribution in [0.15, 0.2) is 24.3 Å². The largest absolute Gasteiger partial charge is 0.321 e. The Balaban J connectivity index is 2.37. The van der Waals surface area contributed by atoms with Gasteiger partial charge in [0.2, 0.25) is 0 Å². The molecule has 0 fully saturated rings. The van der Waals surface area contributed by atoms with Gasteiger partial charge in [0.15, 0.2) is 11.6 Å². The van der Waals surface area contributed by atoms with E-state index in [9.17, 15) is 13.6 Å². The molecule has 2 rings (SSSR count). The number of hydrogen-bond donors (Lipinski definition) is 1. The summed E-state index contributed by atoms with van der Waals surface area (Å²) in [5.74, 6) is -2.77. The molecule has 0 spiro atoms. The molecule has 1 amide bonds. The maximum absolute atomic E-state index is 13.3. The minimum Gasteiger partial charge on any atom is -0.321 e. The third kappa shape index (κ3) is 3.22. The number of carbonyl (C=O) groups excluding carboxylic acids is 1. The van der Waals surface area contributed by atoms with Gasteiger partial charge in [-0.05, 0) is 44.0 Å². The monoisotopic (exact) mass is 309 g/mol. The summed E-state index contributed by atoms with van der Waals surface area (Å²) in [6.07, 6.45) is 0. The van der Waals surface area contributed by atoms with E-state index >= 15 is 0 Å². The fourth-order valence-corrected chi connectivity index (χ4v) is 2.49. The number of aryl methyl sites for hydroxylation is 3. The van der Waals surface area contributed by atoms with Crippen molar-refractivity contribution in [3.05, 3.63) is 63.2 Å². The van der Waals surface area contributed by atoms with E-state index < -0.39 is 17.5 Å². The van der Waals surface area contributed by atoms with Crippen LogP contribution in [0.3, 0.4) is 0 Å². The lowest BCUT2D eigenvalue weighted by molar-refractivity contribution is 0.102. The van der Waals surface area contributed by atoms with Crippen LogP contribution in [0.1, 0.15) is 27.0 Å². The van der Waals surface area contributed by atoms with Crippen LogP contribution in [0.4, 0.5) is 14.5 Å². The van der Waals surface area contributed by atoms with Gasteiger partial charge in [-0.3, -0.25) is 4.79 Å². The molecule has 5 heteroatoms. The number of benzene rings is 2. The normalized spacial score (nSPS) is 10.6. The number of amides is 1. The SMILES string of the molecule is Cc1cc(C)c(NC(=O)c2cc(F)c(F)cc2Cl)c(C)c1. The lowest BCUT2D eigenvalue weighted by Gasteiger charge is -2.13. The third-order valence-electron chi connectivity index (χ3n) is 3.17. The summed E-state index contributed by atoms with van der Waals surface area (Å²) in [5.41, 5.74) is 3.40. The minimum absolute atomic E-state index is 0.102. The fraction of sp³-hybridized carbons (Fsp3) is 0.188. The molecule has 0 saturated heterocycles. The molecule has 2 aromatic carbocycles. The van der Waals surface area contributed by atoms with Crippen LogP contribution < -0.4 is 5.32 Å². The summed E-state index contributed by atoms with van der Waals surface area (Å²) >= 11 is 5.80. The number of nitrogens with one attached hydrogen (secondary N) is 1. The highest BCUT2D eigenvalue weighted by Crippen LogP contribution is 2.25. The minimum atomic E-state index is -1.11. The number of carbonyl (C=O) groups is 1. The van der Waals surface area contributed by atoms with Crippen molar-refractivity contribution in [2.24, 2.45) is 0 Å². The van der Waals surface area contributed by atoms with Gasteiger partial charge in [-0.2, -0.15) is 0 Å². The van der Waals surface area contributed by atoms with Gasteiger partial charge in [-0.15, -0.1) is 0 Å². The van der Waals surface area contributed by atoms with Crippen molar-refractivity contribution >= 4 is 23.2 Å². The van der Waals surface area contributed by atoms with E-state index in [2.05, 4.69) is 5.32 Å². The molecule has 0 atom stereocenters. The van der Waals surface area contributed by atoms with E-state index in [4.69, 9.17) is 11.6 Å². The Kier molecular flexibility index (Phi) is 4.28. The molecule has 0 unspecified atom stereocenters. The fourth-order valence-electron chi connectivity index (χ4n) is 2.25. The number of halogens is 3. The summed E-state index contributed by atoms with van der Waals surface area (Å²) in [6, 6.07) is 5.44. The Hall–Kier alpha value is -1.94. The maximum Gasteiger partial charge on any atom is 0.257 e. The molecule has 0 radical (unpaired) electrons. The van der Waals surface area contributed by atoms with E-state index in [1.807, 2.05) is 32.9 Å². The third-order valence-corrected chi connectivity index (χ3v) is 3.48. The van der Waals surface area contributed by atoms with Crippen LogP contribution >= 0.6 is 11.6 Å². The van der Waals surface area contributed by atoms with Gasteiger partial charge >= 0.3 is 0 Å². The first kappa shape index (κ1) is 15.4. The zero-order chi connectivity index (χ0) is 15.7.